The third-order valence-electron chi connectivity index (χ3n) is 5.02. The first kappa shape index (κ1) is 23.4. The van der Waals surface area contributed by atoms with Gasteiger partial charge in [0.1, 0.15) is 30.2 Å². The van der Waals surface area contributed by atoms with E-state index in [0.29, 0.717) is 18.6 Å². The van der Waals surface area contributed by atoms with Gasteiger partial charge in [-0.1, -0.05) is 24.3 Å². The Morgan fingerprint density at radius 3 is 2.30 bits per heavy atom. The summed E-state index contributed by atoms with van der Waals surface area (Å²) in [5.74, 6) is 0.794. The molecule has 0 unspecified atom stereocenters. The molecular weight excluding hydrogens is 523 g/mol. The lowest BCUT2D eigenvalue weighted by atomic mass is 9.92. The maximum Gasteiger partial charge on any atom is 0.187 e. The predicted octanol–water partition coefficient (Wildman–Crippen LogP) is 1.81. The van der Waals surface area contributed by atoms with E-state index in [1.165, 1.54) is 0 Å². The molecular formula is C21H25IO7S. The fraction of sp³-hybridized carbons (Fsp3) is 0.429. The van der Waals surface area contributed by atoms with Crippen LogP contribution in [0.5, 0.6) is 5.75 Å². The van der Waals surface area contributed by atoms with E-state index in [2.05, 4.69) is 22.6 Å². The van der Waals surface area contributed by atoms with Gasteiger partial charge in [-0.3, -0.25) is 0 Å². The van der Waals surface area contributed by atoms with Crippen LogP contribution >= 0.6 is 22.6 Å². The molecule has 0 radical (unpaired) electrons. The summed E-state index contributed by atoms with van der Waals surface area (Å²) >= 11 is 2.21. The molecule has 0 saturated carbocycles. The second-order valence-electron chi connectivity index (χ2n) is 7.33. The van der Waals surface area contributed by atoms with Crippen LogP contribution in [-0.2, 0) is 21.0 Å². The Bertz CT molecular complexity index is 977. The van der Waals surface area contributed by atoms with E-state index < -0.39 is 39.7 Å². The van der Waals surface area contributed by atoms with Crippen molar-refractivity contribution in [3.05, 3.63) is 62.7 Å². The summed E-state index contributed by atoms with van der Waals surface area (Å²) in [6, 6.07) is 13.1. The number of hydrogen-bond acceptors (Lipinski definition) is 7. The van der Waals surface area contributed by atoms with Crippen LogP contribution in [0.1, 0.15) is 29.7 Å². The molecule has 3 N–H and O–H groups in total. The molecule has 1 fully saturated rings. The predicted molar refractivity (Wildman–Crippen MR) is 120 cm³/mol. The van der Waals surface area contributed by atoms with Crippen molar-refractivity contribution in [2.45, 2.75) is 43.2 Å². The SMILES string of the molecule is CCOc1ccc(Cc2cc([C@@H]3O[C@H](S(C)(=O)=O)[C@@H](O)[C@H](O)[C@H]3O)ccc2I)cc1. The number of benzene rings is 2. The van der Waals surface area contributed by atoms with Gasteiger partial charge in [-0.15, -0.1) is 0 Å². The Labute approximate surface area is 189 Å². The minimum atomic E-state index is -3.80. The summed E-state index contributed by atoms with van der Waals surface area (Å²) in [5, 5.41) is 30.6. The molecule has 1 saturated heterocycles. The molecule has 164 valence electrons. The molecule has 0 amide bonds. The third-order valence-corrected chi connectivity index (χ3v) is 7.31. The number of ether oxygens (including phenoxy) is 2. The molecule has 0 aliphatic carbocycles. The molecule has 1 aliphatic heterocycles. The first-order valence-electron chi connectivity index (χ1n) is 9.50. The fourth-order valence-corrected chi connectivity index (χ4v) is 4.99. The number of rotatable bonds is 6. The summed E-state index contributed by atoms with van der Waals surface area (Å²) < 4.78 is 36.0. The van der Waals surface area contributed by atoms with Gasteiger partial charge < -0.3 is 24.8 Å². The van der Waals surface area contributed by atoms with Crippen molar-refractivity contribution in [3.63, 3.8) is 0 Å². The third kappa shape index (κ3) is 5.14. The highest BCUT2D eigenvalue weighted by Crippen LogP contribution is 2.35. The zero-order valence-electron chi connectivity index (χ0n) is 16.6. The van der Waals surface area contributed by atoms with Crippen LogP contribution in [0.25, 0.3) is 0 Å². The lowest BCUT2D eigenvalue weighted by Crippen LogP contribution is -2.56. The van der Waals surface area contributed by atoms with E-state index in [0.717, 1.165) is 26.7 Å². The van der Waals surface area contributed by atoms with Gasteiger partial charge in [0.25, 0.3) is 0 Å². The number of halogens is 1. The monoisotopic (exact) mass is 548 g/mol. The van der Waals surface area contributed by atoms with E-state index in [1.807, 2.05) is 43.3 Å². The van der Waals surface area contributed by atoms with Crippen molar-refractivity contribution in [2.75, 3.05) is 12.9 Å². The lowest BCUT2D eigenvalue weighted by Gasteiger charge is -2.40. The second-order valence-corrected chi connectivity index (χ2v) is 10.6. The molecule has 2 aromatic carbocycles. The first-order valence-corrected chi connectivity index (χ1v) is 12.5. The fourth-order valence-electron chi connectivity index (χ4n) is 3.47. The highest BCUT2D eigenvalue weighted by atomic mass is 127. The first-order chi connectivity index (χ1) is 14.1. The Hall–Kier alpha value is -1.24. The summed E-state index contributed by atoms with van der Waals surface area (Å²) in [5.41, 5.74) is 0.936. The topological polar surface area (TPSA) is 113 Å². The van der Waals surface area contributed by atoms with Gasteiger partial charge in [0.15, 0.2) is 15.3 Å². The van der Waals surface area contributed by atoms with Crippen molar-refractivity contribution >= 4 is 32.4 Å². The summed E-state index contributed by atoms with van der Waals surface area (Å²) in [6.45, 7) is 2.52. The maximum absolute atomic E-state index is 12.0. The molecule has 2 aromatic rings. The normalized spacial score (nSPS) is 27.1. The quantitative estimate of drug-likeness (QED) is 0.472. The molecule has 1 heterocycles. The summed E-state index contributed by atoms with van der Waals surface area (Å²) in [7, 11) is -3.80. The standard InChI is InChI=1S/C21H25IO7S/c1-3-28-15-7-4-12(5-8-15)10-14-11-13(6-9-16(14)22)20-18(24)17(23)19(25)21(29-20)30(2,26)27/h4-9,11,17-21,23-25H,3,10H2,1-2H3/t17-,18-,19+,20+,21-/m1/s1. The number of aliphatic hydroxyl groups excluding tert-OH is 3. The molecule has 0 spiro atoms. The summed E-state index contributed by atoms with van der Waals surface area (Å²) in [6.07, 6.45) is -4.37. The van der Waals surface area contributed by atoms with Crippen LogP contribution in [0, 0.1) is 3.57 Å². The van der Waals surface area contributed by atoms with E-state index in [-0.39, 0.29) is 0 Å². The zero-order valence-corrected chi connectivity index (χ0v) is 19.6. The van der Waals surface area contributed by atoms with Crippen LogP contribution in [-0.4, -0.2) is 60.3 Å². The van der Waals surface area contributed by atoms with Gasteiger partial charge in [0.05, 0.1) is 6.61 Å². The Balaban J connectivity index is 1.88. The van der Waals surface area contributed by atoms with Crippen LogP contribution < -0.4 is 4.74 Å². The molecule has 7 nitrogen and oxygen atoms in total. The molecule has 5 atom stereocenters. The average molecular weight is 548 g/mol. The maximum atomic E-state index is 12.0. The zero-order chi connectivity index (χ0) is 22.1. The van der Waals surface area contributed by atoms with Crippen molar-refractivity contribution in [2.24, 2.45) is 0 Å². The lowest BCUT2D eigenvalue weighted by molar-refractivity contribution is -0.202. The highest BCUT2D eigenvalue weighted by Gasteiger charge is 2.48. The van der Waals surface area contributed by atoms with Gasteiger partial charge in [-0.2, -0.15) is 0 Å². The minimum Gasteiger partial charge on any atom is -0.494 e. The smallest absolute Gasteiger partial charge is 0.187 e. The van der Waals surface area contributed by atoms with Crippen LogP contribution in [0.4, 0.5) is 0 Å². The second kappa shape index (κ2) is 9.49. The van der Waals surface area contributed by atoms with E-state index in [9.17, 15) is 23.7 Å². The number of sulfone groups is 1. The van der Waals surface area contributed by atoms with Crippen molar-refractivity contribution in [3.8, 4) is 5.75 Å². The van der Waals surface area contributed by atoms with Gasteiger partial charge >= 0.3 is 0 Å². The van der Waals surface area contributed by atoms with Crippen molar-refractivity contribution in [1.82, 2.24) is 0 Å². The Morgan fingerprint density at radius 2 is 1.70 bits per heavy atom. The van der Waals surface area contributed by atoms with Crippen LogP contribution in [0.2, 0.25) is 0 Å². The molecule has 30 heavy (non-hydrogen) atoms. The van der Waals surface area contributed by atoms with Crippen molar-refractivity contribution in [1.29, 1.82) is 0 Å². The van der Waals surface area contributed by atoms with E-state index in [1.54, 1.807) is 6.07 Å². The Morgan fingerprint density at radius 1 is 1.03 bits per heavy atom. The van der Waals surface area contributed by atoms with E-state index >= 15 is 0 Å². The van der Waals surface area contributed by atoms with Crippen LogP contribution in [0.15, 0.2) is 42.5 Å². The molecule has 0 aromatic heterocycles. The molecule has 0 bridgehead atoms. The molecule has 1 aliphatic rings. The minimum absolute atomic E-state index is 0.531. The molecule has 3 rings (SSSR count). The van der Waals surface area contributed by atoms with Gasteiger partial charge in [0, 0.05) is 9.83 Å². The number of aliphatic hydroxyl groups is 3. The van der Waals surface area contributed by atoms with Crippen molar-refractivity contribution < 1.29 is 33.2 Å². The largest absolute Gasteiger partial charge is 0.494 e. The number of hydrogen-bond donors (Lipinski definition) is 3. The van der Waals surface area contributed by atoms with Gasteiger partial charge in [-0.25, -0.2) is 8.42 Å². The Kier molecular flexibility index (Phi) is 7.41. The van der Waals surface area contributed by atoms with E-state index in [4.69, 9.17) is 9.47 Å². The van der Waals surface area contributed by atoms with Gasteiger partial charge in [0.2, 0.25) is 0 Å². The molecule has 9 heteroatoms. The van der Waals surface area contributed by atoms with Crippen LogP contribution in [0.3, 0.4) is 0 Å². The highest BCUT2D eigenvalue weighted by molar-refractivity contribution is 14.1. The van der Waals surface area contributed by atoms with Gasteiger partial charge in [-0.05, 0) is 70.8 Å². The summed E-state index contributed by atoms with van der Waals surface area (Å²) in [4.78, 5) is 0. The average Bonchev–Trinajstić information content (AvgIpc) is 2.69.